The monoisotopic (exact) mass is 286 g/mol. The average Bonchev–Trinajstić information content (AvgIpc) is 2.60. The third-order valence-electron chi connectivity index (χ3n) is 1.76. The van der Waals surface area contributed by atoms with Gasteiger partial charge in [0.15, 0.2) is 0 Å². The van der Waals surface area contributed by atoms with Crippen LogP contribution in [0.2, 0.25) is 0 Å². The number of esters is 1. The zero-order chi connectivity index (χ0) is 15.9. The molecule has 0 aromatic carbocycles. The van der Waals surface area contributed by atoms with Gasteiger partial charge < -0.3 is 15.6 Å². The molecule has 0 spiro atoms. The fraction of sp³-hybridized carbons (Fsp3) is 0.500. The molecule has 4 N–H and O–H groups in total. The lowest BCUT2D eigenvalue weighted by Gasteiger charge is -2.19. The molecule has 0 bridgehead atoms. The third-order valence-corrected chi connectivity index (χ3v) is 1.76. The van der Waals surface area contributed by atoms with Gasteiger partial charge in [0.25, 0.3) is 11.8 Å². The summed E-state index contributed by atoms with van der Waals surface area (Å²) in [4.78, 5) is 41.3. The van der Waals surface area contributed by atoms with Crippen LogP contribution < -0.4 is 11.1 Å². The van der Waals surface area contributed by atoms with Crippen molar-refractivity contribution < 1.29 is 29.0 Å². The van der Waals surface area contributed by atoms with Crippen LogP contribution in [0.3, 0.4) is 0 Å². The maximum atomic E-state index is 11.0. The summed E-state index contributed by atoms with van der Waals surface area (Å²) >= 11 is 0. The molecular weight excluding hydrogens is 268 g/mol. The minimum atomic E-state index is -1.20. The Balaban J connectivity index is 0.000000428. The smallest absolute Gasteiger partial charge is 0.321 e. The molecule has 0 aromatic heterocycles. The topological polar surface area (TPSA) is 136 Å². The van der Waals surface area contributed by atoms with Crippen molar-refractivity contribution in [2.24, 2.45) is 5.73 Å². The van der Waals surface area contributed by atoms with E-state index in [1.807, 2.05) is 5.32 Å². The Hall–Kier alpha value is -2.22. The van der Waals surface area contributed by atoms with Gasteiger partial charge in [-0.25, -0.2) is 0 Å². The fourth-order valence-electron chi connectivity index (χ4n) is 1.01. The van der Waals surface area contributed by atoms with Gasteiger partial charge in [-0.05, 0) is 20.8 Å². The van der Waals surface area contributed by atoms with E-state index in [2.05, 4.69) is 0 Å². The highest BCUT2D eigenvalue weighted by molar-refractivity contribution is 6.12. The van der Waals surface area contributed by atoms with E-state index < -0.39 is 23.6 Å². The number of hydrogen-bond donors (Lipinski definition) is 3. The van der Waals surface area contributed by atoms with Crippen LogP contribution in [-0.2, 0) is 23.9 Å². The quantitative estimate of drug-likeness (QED) is 0.462. The van der Waals surface area contributed by atoms with E-state index in [-0.39, 0.29) is 18.2 Å². The molecule has 8 heteroatoms. The molecule has 112 valence electrons. The lowest BCUT2D eigenvalue weighted by molar-refractivity contribution is -0.157. The van der Waals surface area contributed by atoms with Crippen molar-refractivity contribution in [3.8, 4) is 0 Å². The van der Waals surface area contributed by atoms with E-state index in [0.717, 1.165) is 0 Å². The minimum absolute atomic E-state index is 0.299. The first-order valence-electron chi connectivity index (χ1n) is 5.74. The normalized spacial score (nSPS) is 15.0. The predicted octanol–water partition coefficient (Wildman–Crippen LogP) is -0.671. The Morgan fingerprint density at radius 1 is 1.30 bits per heavy atom. The van der Waals surface area contributed by atoms with Gasteiger partial charge in [0.1, 0.15) is 11.6 Å². The van der Waals surface area contributed by atoms with E-state index in [1.165, 1.54) is 12.2 Å². The molecule has 0 aromatic rings. The minimum Gasteiger partial charge on any atom is -0.480 e. The van der Waals surface area contributed by atoms with Crippen LogP contribution >= 0.6 is 0 Å². The van der Waals surface area contributed by atoms with Crippen molar-refractivity contribution >= 4 is 23.8 Å². The highest BCUT2D eigenvalue weighted by atomic mass is 16.6. The Morgan fingerprint density at radius 3 is 2.00 bits per heavy atom. The summed E-state index contributed by atoms with van der Waals surface area (Å²) in [6, 6.07) is -1.19. The standard InChI is InChI=1S/C8H15NO4.C4H3NO2/c1-8(2,3)13-6(10)4-5(9)7(11)12;6-3-1-2-4(7)5-3/h5H,4,9H2,1-3H3,(H,11,12);1-2H,(H,5,6,7). The van der Waals surface area contributed by atoms with Crippen molar-refractivity contribution in [2.45, 2.75) is 38.8 Å². The molecule has 1 aliphatic rings. The summed E-state index contributed by atoms with van der Waals surface area (Å²) in [7, 11) is 0. The van der Waals surface area contributed by atoms with E-state index in [9.17, 15) is 19.2 Å². The number of carboxylic acids is 1. The molecule has 1 rings (SSSR count). The summed E-state index contributed by atoms with van der Waals surface area (Å²) < 4.78 is 4.88. The number of rotatable bonds is 3. The molecule has 2 amide bonds. The summed E-state index contributed by atoms with van der Waals surface area (Å²) in [6.45, 7) is 5.12. The van der Waals surface area contributed by atoms with E-state index >= 15 is 0 Å². The Labute approximate surface area is 116 Å². The van der Waals surface area contributed by atoms with Gasteiger partial charge in [-0.3, -0.25) is 24.5 Å². The van der Waals surface area contributed by atoms with E-state index in [4.69, 9.17) is 15.6 Å². The zero-order valence-corrected chi connectivity index (χ0v) is 11.5. The molecule has 0 saturated heterocycles. The number of nitrogens with two attached hydrogens (primary N) is 1. The molecule has 0 fully saturated rings. The molecule has 1 aliphatic heterocycles. The van der Waals surface area contributed by atoms with Crippen LogP contribution in [-0.4, -0.2) is 40.5 Å². The second-order valence-corrected chi connectivity index (χ2v) is 4.92. The first-order chi connectivity index (χ1) is 9.01. The summed E-state index contributed by atoms with van der Waals surface area (Å²) in [6.07, 6.45) is 2.09. The van der Waals surface area contributed by atoms with Gasteiger partial charge in [0, 0.05) is 12.2 Å². The molecule has 0 aliphatic carbocycles. The van der Waals surface area contributed by atoms with Crippen molar-refractivity contribution in [1.29, 1.82) is 0 Å². The van der Waals surface area contributed by atoms with Crippen LogP contribution in [0.15, 0.2) is 12.2 Å². The molecule has 0 radical (unpaired) electrons. The average molecular weight is 286 g/mol. The first kappa shape index (κ1) is 17.8. The molecule has 1 atom stereocenters. The number of hydrogen-bond acceptors (Lipinski definition) is 6. The van der Waals surface area contributed by atoms with Gasteiger partial charge in [0.2, 0.25) is 0 Å². The second-order valence-electron chi connectivity index (χ2n) is 4.92. The SMILES string of the molecule is CC(C)(C)OC(=O)CC(N)C(=O)O.O=C1C=CC(=O)N1. The highest BCUT2D eigenvalue weighted by Crippen LogP contribution is 2.08. The number of imide groups is 1. The van der Waals surface area contributed by atoms with E-state index in [0.29, 0.717) is 0 Å². The lowest BCUT2D eigenvalue weighted by atomic mass is 10.2. The molecule has 0 saturated carbocycles. The summed E-state index contributed by atoms with van der Waals surface area (Å²) in [5, 5.41) is 10.4. The fourth-order valence-corrected chi connectivity index (χ4v) is 1.01. The van der Waals surface area contributed by atoms with Crippen LogP contribution in [0.25, 0.3) is 0 Å². The van der Waals surface area contributed by atoms with E-state index in [1.54, 1.807) is 20.8 Å². The van der Waals surface area contributed by atoms with Gasteiger partial charge in [-0.2, -0.15) is 0 Å². The highest BCUT2D eigenvalue weighted by Gasteiger charge is 2.21. The van der Waals surface area contributed by atoms with Crippen molar-refractivity contribution in [3.63, 3.8) is 0 Å². The molecule has 1 unspecified atom stereocenters. The number of nitrogens with one attached hydrogen (secondary N) is 1. The maximum Gasteiger partial charge on any atom is 0.321 e. The van der Waals surface area contributed by atoms with Gasteiger partial charge >= 0.3 is 11.9 Å². The number of amides is 2. The number of carbonyl (C=O) groups excluding carboxylic acids is 3. The third kappa shape index (κ3) is 8.81. The molecular formula is C12H18N2O6. The van der Waals surface area contributed by atoms with Crippen molar-refractivity contribution in [3.05, 3.63) is 12.2 Å². The Bertz CT molecular complexity index is 420. The molecule has 8 nitrogen and oxygen atoms in total. The largest absolute Gasteiger partial charge is 0.480 e. The van der Waals surface area contributed by atoms with Crippen LogP contribution in [0.4, 0.5) is 0 Å². The lowest BCUT2D eigenvalue weighted by Crippen LogP contribution is -2.35. The van der Waals surface area contributed by atoms with Crippen LogP contribution in [0, 0.1) is 0 Å². The number of ether oxygens (including phenoxy) is 1. The van der Waals surface area contributed by atoms with Gasteiger partial charge in [-0.15, -0.1) is 0 Å². The van der Waals surface area contributed by atoms with Gasteiger partial charge in [-0.1, -0.05) is 0 Å². The molecule has 20 heavy (non-hydrogen) atoms. The maximum absolute atomic E-state index is 11.0. The van der Waals surface area contributed by atoms with Gasteiger partial charge in [0.05, 0.1) is 6.42 Å². The van der Waals surface area contributed by atoms with Crippen molar-refractivity contribution in [1.82, 2.24) is 5.32 Å². The van der Waals surface area contributed by atoms with Crippen molar-refractivity contribution in [2.75, 3.05) is 0 Å². The Morgan fingerprint density at radius 2 is 1.75 bits per heavy atom. The molecule has 1 heterocycles. The number of carboxylic acid groups (broad SMARTS) is 1. The first-order valence-corrected chi connectivity index (χ1v) is 5.74. The Kier molecular flexibility index (Phi) is 6.57. The van der Waals surface area contributed by atoms with Crippen LogP contribution in [0.1, 0.15) is 27.2 Å². The number of carbonyl (C=O) groups is 4. The van der Waals surface area contributed by atoms with Crippen LogP contribution in [0.5, 0.6) is 0 Å². The second kappa shape index (κ2) is 7.39. The predicted molar refractivity (Wildman–Crippen MR) is 68.4 cm³/mol. The summed E-state index contributed by atoms with van der Waals surface area (Å²) in [5.41, 5.74) is 4.53. The summed E-state index contributed by atoms with van der Waals surface area (Å²) in [5.74, 6) is -2.46. The zero-order valence-electron chi connectivity index (χ0n) is 11.5. The number of aliphatic carboxylic acids is 1.